The lowest BCUT2D eigenvalue weighted by Gasteiger charge is -2.07. The van der Waals surface area contributed by atoms with E-state index in [1.54, 1.807) is 0 Å². The van der Waals surface area contributed by atoms with Crippen LogP contribution >= 0.6 is 22.9 Å². The Labute approximate surface area is 132 Å². The number of sulfonamides is 1. The zero-order valence-electron chi connectivity index (χ0n) is 11.5. The van der Waals surface area contributed by atoms with E-state index >= 15 is 0 Å². The average molecular weight is 347 g/mol. The third-order valence-electron chi connectivity index (χ3n) is 2.53. The largest absolute Gasteiger partial charge is 0.398 e. The van der Waals surface area contributed by atoms with Gasteiger partial charge in [-0.25, -0.2) is 8.42 Å². The van der Waals surface area contributed by atoms with Crippen molar-refractivity contribution in [2.75, 3.05) is 10.5 Å². The molecule has 0 atom stereocenters. The van der Waals surface area contributed by atoms with Crippen LogP contribution in [0, 0.1) is 5.92 Å². The molecule has 0 fully saturated rings. The van der Waals surface area contributed by atoms with E-state index in [0.29, 0.717) is 10.9 Å². The molecule has 0 radical (unpaired) electrons. The SMILES string of the molecule is CC(C)Cc1nnc(NS(=O)(=O)c2ccc(Cl)cc2N)s1. The lowest BCUT2D eigenvalue weighted by Crippen LogP contribution is -2.14. The fourth-order valence-corrected chi connectivity index (χ4v) is 4.14. The van der Waals surface area contributed by atoms with Gasteiger partial charge in [-0.15, -0.1) is 10.2 Å². The number of nitrogens with one attached hydrogen (secondary N) is 1. The fraction of sp³-hybridized carbons (Fsp3) is 0.333. The summed E-state index contributed by atoms with van der Waals surface area (Å²) in [6.45, 7) is 4.11. The van der Waals surface area contributed by atoms with Gasteiger partial charge in [-0.1, -0.05) is 36.8 Å². The van der Waals surface area contributed by atoms with Crippen LogP contribution in [0.2, 0.25) is 5.02 Å². The predicted molar refractivity (Wildman–Crippen MR) is 85.1 cm³/mol. The summed E-state index contributed by atoms with van der Waals surface area (Å²) in [4.78, 5) is -0.0347. The topological polar surface area (TPSA) is 98.0 Å². The van der Waals surface area contributed by atoms with Crippen LogP contribution in [0.1, 0.15) is 18.9 Å². The maximum absolute atomic E-state index is 12.3. The summed E-state index contributed by atoms with van der Waals surface area (Å²) >= 11 is 6.98. The molecule has 2 rings (SSSR count). The first-order valence-corrected chi connectivity index (χ1v) is 8.86. The first-order chi connectivity index (χ1) is 9.78. The monoisotopic (exact) mass is 346 g/mol. The van der Waals surface area contributed by atoms with Gasteiger partial charge in [0.25, 0.3) is 10.0 Å². The van der Waals surface area contributed by atoms with E-state index in [0.717, 1.165) is 11.4 Å². The normalized spacial score (nSPS) is 11.8. The van der Waals surface area contributed by atoms with Gasteiger partial charge in [-0.3, -0.25) is 4.72 Å². The molecule has 0 amide bonds. The van der Waals surface area contributed by atoms with Crippen molar-refractivity contribution >= 4 is 43.8 Å². The van der Waals surface area contributed by atoms with Crippen molar-refractivity contribution in [3.8, 4) is 0 Å². The third-order valence-corrected chi connectivity index (χ3v) is 5.17. The van der Waals surface area contributed by atoms with Gasteiger partial charge in [-0.2, -0.15) is 0 Å². The molecular weight excluding hydrogens is 332 g/mol. The van der Waals surface area contributed by atoms with Gasteiger partial charge in [0.2, 0.25) is 5.13 Å². The van der Waals surface area contributed by atoms with Gasteiger partial charge in [0.05, 0.1) is 5.69 Å². The molecule has 1 aromatic carbocycles. The second-order valence-corrected chi connectivity index (χ2v) is 8.04. The minimum Gasteiger partial charge on any atom is -0.398 e. The number of rotatable bonds is 5. The molecule has 21 heavy (non-hydrogen) atoms. The van der Waals surface area contributed by atoms with Gasteiger partial charge >= 0.3 is 0 Å². The summed E-state index contributed by atoms with van der Waals surface area (Å²) in [5.41, 5.74) is 5.78. The molecule has 3 N–H and O–H groups in total. The number of anilines is 2. The van der Waals surface area contributed by atoms with Crippen LogP contribution < -0.4 is 10.5 Å². The van der Waals surface area contributed by atoms with Crippen molar-refractivity contribution in [2.45, 2.75) is 25.2 Å². The lowest BCUT2D eigenvalue weighted by atomic mass is 10.1. The van der Waals surface area contributed by atoms with E-state index in [1.165, 1.54) is 29.5 Å². The maximum Gasteiger partial charge on any atom is 0.265 e. The molecule has 0 aliphatic heterocycles. The number of nitrogens with zero attached hydrogens (tertiary/aromatic N) is 2. The Bertz CT molecular complexity index is 743. The molecule has 0 saturated heterocycles. The number of nitrogens with two attached hydrogens (primary N) is 1. The molecule has 0 bridgehead atoms. The number of halogens is 1. The number of aromatic nitrogens is 2. The van der Waals surface area contributed by atoms with Crippen LogP contribution in [0.4, 0.5) is 10.8 Å². The Balaban J connectivity index is 2.23. The summed E-state index contributed by atoms with van der Waals surface area (Å²) in [5.74, 6) is 0.425. The van der Waals surface area contributed by atoms with Crippen LogP contribution in [0.25, 0.3) is 0 Å². The molecule has 0 unspecified atom stereocenters. The highest BCUT2D eigenvalue weighted by atomic mass is 35.5. The van der Waals surface area contributed by atoms with Gasteiger partial charge in [-0.05, 0) is 24.1 Å². The van der Waals surface area contributed by atoms with Gasteiger partial charge < -0.3 is 5.73 Å². The van der Waals surface area contributed by atoms with Gasteiger partial charge in [0.15, 0.2) is 0 Å². The van der Waals surface area contributed by atoms with Crippen LogP contribution in [-0.4, -0.2) is 18.6 Å². The maximum atomic E-state index is 12.3. The van der Waals surface area contributed by atoms with E-state index in [-0.39, 0.29) is 15.7 Å². The average Bonchev–Trinajstić information content (AvgIpc) is 2.73. The second-order valence-electron chi connectivity index (χ2n) is 4.89. The van der Waals surface area contributed by atoms with Crippen LogP contribution in [0.3, 0.4) is 0 Å². The van der Waals surface area contributed by atoms with Crippen molar-refractivity contribution in [3.05, 3.63) is 28.2 Å². The van der Waals surface area contributed by atoms with Crippen molar-refractivity contribution in [2.24, 2.45) is 5.92 Å². The highest BCUT2D eigenvalue weighted by Crippen LogP contribution is 2.26. The van der Waals surface area contributed by atoms with E-state index < -0.39 is 10.0 Å². The molecule has 2 aromatic rings. The van der Waals surface area contributed by atoms with Gasteiger partial charge in [0.1, 0.15) is 9.90 Å². The van der Waals surface area contributed by atoms with E-state index in [2.05, 4.69) is 28.8 Å². The summed E-state index contributed by atoms with van der Waals surface area (Å²) < 4.78 is 26.9. The van der Waals surface area contributed by atoms with Crippen molar-refractivity contribution in [1.82, 2.24) is 10.2 Å². The number of nitrogen functional groups attached to an aromatic ring is 1. The molecule has 114 valence electrons. The lowest BCUT2D eigenvalue weighted by molar-refractivity contribution is 0.601. The molecule has 1 heterocycles. The quantitative estimate of drug-likeness (QED) is 0.811. The summed E-state index contributed by atoms with van der Waals surface area (Å²) in [7, 11) is -3.80. The van der Waals surface area contributed by atoms with E-state index in [4.69, 9.17) is 17.3 Å². The zero-order valence-corrected chi connectivity index (χ0v) is 13.9. The Morgan fingerprint density at radius 3 is 2.71 bits per heavy atom. The highest BCUT2D eigenvalue weighted by Gasteiger charge is 2.20. The van der Waals surface area contributed by atoms with Crippen LogP contribution in [-0.2, 0) is 16.4 Å². The Hall–Kier alpha value is -1.38. The summed E-state index contributed by atoms with van der Waals surface area (Å²) in [6.07, 6.45) is 0.752. The Morgan fingerprint density at radius 2 is 2.10 bits per heavy atom. The predicted octanol–water partition coefficient (Wildman–Crippen LogP) is 2.77. The highest BCUT2D eigenvalue weighted by molar-refractivity contribution is 7.93. The summed E-state index contributed by atoms with van der Waals surface area (Å²) in [5, 5.41) is 9.18. The van der Waals surface area contributed by atoms with Crippen LogP contribution in [0.15, 0.2) is 23.1 Å². The van der Waals surface area contributed by atoms with E-state index in [1.807, 2.05) is 0 Å². The Morgan fingerprint density at radius 1 is 1.38 bits per heavy atom. The molecule has 0 aliphatic rings. The fourth-order valence-electron chi connectivity index (χ4n) is 1.66. The molecule has 0 spiro atoms. The third kappa shape index (κ3) is 4.05. The smallest absolute Gasteiger partial charge is 0.265 e. The number of hydrogen-bond donors (Lipinski definition) is 2. The molecule has 0 aliphatic carbocycles. The van der Waals surface area contributed by atoms with Crippen molar-refractivity contribution < 1.29 is 8.42 Å². The first-order valence-electron chi connectivity index (χ1n) is 6.18. The molecular formula is C12H15ClN4O2S2. The van der Waals surface area contributed by atoms with Crippen molar-refractivity contribution in [3.63, 3.8) is 0 Å². The van der Waals surface area contributed by atoms with Crippen molar-refractivity contribution in [1.29, 1.82) is 0 Å². The number of hydrogen-bond acceptors (Lipinski definition) is 6. The molecule has 9 heteroatoms. The molecule has 1 aromatic heterocycles. The number of benzene rings is 1. The van der Waals surface area contributed by atoms with E-state index in [9.17, 15) is 8.42 Å². The molecule has 0 saturated carbocycles. The van der Waals surface area contributed by atoms with Gasteiger partial charge in [0, 0.05) is 11.4 Å². The minimum absolute atomic E-state index is 0.0347. The standard InChI is InChI=1S/C12H15ClN4O2S2/c1-7(2)5-11-15-16-12(20-11)17-21(18,19)10-4-3-8(13)6-9(10)14/h3-4,6-7H,5,14H2,1-2H3,(H,16,17). The zero-order chi connectivity index (χ0) is 15.6. The molecule has 6 nitrogen and oxygen atoms in total. The Kier molecular flexibility index (Phi) is 4.70. The first kappa shape index (κ1) is 16.0. The minimum atomic E-state index is -3.80. The summed E-state index contributed by atoms with van der Waals surface area (Å²) in [6, 6.07) is 4.22. The second kappa shape index (κ2) is 6.17. The van der Waals surface area contributed by atoms with Crippen LogP contribution in [0.5, 0.6) is 0 Å².